The first-order valence-electron chi connectivity index (χ1n) is 9.07. The molecule has 0 bridgehead atoms. The molecule has 0 fully saturated rings. The molecule has 0 saturated carbocycles. The van der Waals surface area contributed by atoms with Gasteiger partial charge in [0.1, 0.15) is 5.82 Å². The summed E-state index contributed by atoms with van der Waals surface area (Å²) in [7, 11) is 1.53. The van der Waals surface area contributed by atoms with E-state index in [1.54, 1.807) is 30.6 Å². The van der Waals surface area contributed by atoms with Crippen LogP contribution in [0.3, 0.4) is 0 Å². The quantitative estimate of drug-likeness (QED) is 0.614. The van der Waals surface area contributed by atoms with E-state index in [1.165, 1.54) is 12.7 Å². The van der Waals surface area contributed by atoms with Gasteiger partial charge < -0.3 is 15.2 Å². The zero-order chi connectivity index (χ0) is 19.2. The molecule has 0 spiro atoms. The fourth-order valence-corrected chi connectivity index (χ4v) is 3.03. The molecular formula is C22H25N3O2. The molecule has 1 heterocycles. The van der Waals surface area contributed by atoms with E-state index in [0.717, 1.165) is 17.7 Å². The highest BCUT2D eigenvalue weighted by Gasteiger charge is 2.15. The van der Waals surface area contributed by atoms with Gasteiger partial charge in [0.05, 0.1) is 31.2 Å². The van der Waals surface area contributed by atoms with E-state index in [2.05, 4.69) is 48.4 Å². The molecule has 27 heavy (non-hydrogen) atoms. The highest BCUT2D eigenvalue weighted by Crippen LogP contribution is 2.31. The number of anilines is 1. The average Bonchev–Trinajstić information content (AvgIpc) is 2.68. The van der Waals surface area contributed by atoms with Crippen molar-refractivity contribution in [2.75, 3.05) is 12.4 Å². The average molecular weight is 363 g/mol. The smallest absolute Gasteiger partial charge is 0.161 e. The summed E-state index contributed by atoms with van der Waals surface area (Å²) in [6, 6.07) is 15.7. The summed E-state index contributed by atoms with van der Waals surface area (Å²) in [5.41, 5.74) is 2.78. The number of aromatic hydroxyl groups is 1. The number of methoxy groups -OCH3 is 1. The number of hydrogen-bond acceptors (Lipinski definition) is 5. The van der Waals surface area contributed by atoms with Crippen LogP contribution in [0.4, 0.5) is 5.82 Å². The Hall–Kier alpha value is -3.08. The van der Waals surface area contributed by atoms with Gasteiger partial charge in [0.15, 0.2) is 11.5 Å². The molecule has 0 aliphatic rings. The van der Waals surface area contributed by atoms with Crippen molar-refractivity contribution in [3.8, 4) is 22.8 Å². The van der Waals surface area contributed by atoms with Gasteiger partial charge >= 0.3 is 0 Å². The number of hydrogen-bond donors (Lipinski definition) is 2. The van der Waals surface area contributed by atoms with Gasteiger partial charge in [0.2, 0.25) is 0 Å². The fraction of sp³-hybridized carbons (Fsp3) is 0.273. The molecule has 0 aliphatic heterocycles. The van der Waals surface area contributed by atoms with E-state index < -0.39 is 0 Å². The molecule has 0 unspecified atom stereocenters. The van der Waals surface area contributed by atoms with Gasteiger partial charge in [-0.1, -0.05) is 44.2 Å². The van der Waals surface area contributed by atoms with Crippen LogP contribution < -0.4 is 10.1 Å². The van der Waals surface area contributed by atoms with Crippen molar-refractivity contribution in [1.29, 1.82) is 0 Å². The van der Waals surface area contributed by atoms with Crippen molar-refractivity contribution >= 4 is 5.82 Å². The molecule has 0 amide bonds. The van der Waals surface area contributed by atoms with E-state index in [-0.39, 0.29) is 11.8 Å². The lowest BCUT2D eigenvalue weighted by atomic mass is 9.97. The Morgan fingerprint density at radius 3 is 2.56 bits per heavy atom. The SMILES string of the molecule is COc1cc(-c2cncc(N[C@@H](CC(C)C)c3ccccc3)n2)ccc1O. The zero-order valence-corrected chi connectivity index (χ0v) is 15.9. The third-order valence-corrected chi connectivity index (χ3v) is 4.34. The van der Waals surface area contributed by atoms with Crippen LogP contribution in [0, 0.1) is 5.92 Å². The number of aromatic nitrogens is 2. The van der Waals surface area contributed by atoms with Crippen LogP contribution in [-0.2, 0) is 0 Å². The number of phenols is 1. The van der Waals surface area contributed by atoms with Gasteiger partial charge in [-0.2, -0.15) is 0 Å². The normalized spacial score (nSPS) is 12.0. The molecule has 1 aromatic heterocycles. The van der Waals surface area contributed by atoms with Crippen LogP contribution in [0.1, 0.15) is 31.9 Å². The van der Waals surface area contributed by atoms with Crippen LogP contribution in [0.2, 0.25) is 0 Å². The third kappa shape index (κ3) is 4.76. The summed E-state index contributed by atoms with van der Waals surface area (Å²) in [5.74, 6) is 1.77. The molecule has 2 N–H and O–H groups in total. The Kier molecular flexibility index (Phi) is 5.91. The molecular weight excluding hydrogens is 338 g/mol. The second-order valence-electron chi connectivity index (χ2n) is 6.91. The molecule has 0 radical (unpaired) electrons. The number of rotatable bonds is 7. The molecule has 5 heteroatoms. The van der Waals surface area contributed by atoms with Crippen LogP contribution >= 0.6 is 0 Å². The molecule has 3 aromatic rings. The first-order chi connectivity index (χ1) is 13.1. The lowest BCUT2D eigenvalue weighted by Gasteiger charge is -2.22. The van der Waals surface area contributed by atoms with Gasteiger partial charge in [-0.15, -0.1) is 0 Å². The predicted octanol–water partition coefficient (Wildman–Crippen LogP) is 5.06. The third-order valence-electron chi connectivity index (χ3n) is 4.34. The number of benzene rings is 2. The van der Waals surface area contributed by atoms with Crippen LogP contribution in [0.25, 0.3) is 11.3 Å². The van der Waals surface area contributed by atoms with E-state index in [4.69, 9.17) is 9.72 Å². The Labute approximate surface area is 160 Å². The van der Waals surface area contributed by atoms with Gasteiger partial charge in [-0.05, 0) is 36.1 Å². The Morgan fingerprint density at radius 2 is 1.85 bits per heavy atom. The molecule has 2 aromatic carbocycles. The maximum Gasteiger partial charge on any atom is 0.161 e. The summed E-state index contributed by atoms with van der Waals surface area (Å²) in [6.45, 7) is 4.42. The molecule has 0 saturated heterocycles. The van der Waals surface area contributed by atoms with Crippen molar-refractivity contribution in [1.82, 2.24) is 9.97 Å². The minimum absolute atomic E-state index is 0.101. The maximum absolute atomic E-state index is 9.79. The highest BCUT2D eigenvalue weighted by atomic mass is 16.5. The minimum Gasteiger partial charge on any atom is -0.504 e. The number of phenolic OH excluding ortho intramolecular Hbond substituents is 1. The Bertz CT molecular complexity index is 882. The lowest BCUT2D eigenvalue weighted by molar-refractivity contribution is 0.373. The Morgan fingerprint density at radius 1 is 1.07 bits per heavy atom. The summed E-state index contributed by atoms with van der Waals surface area (Å²) in [4.78, 5) is 9.05. The van der Waals surface area contributed by atoms with Gasteiger partial charge in [-0.25, -0.2) is 4.98 Å². The highest BCUT2D eigenvalue weighted by molar-refractivity contribution is 5.64. The van der Waals surface area contributed by atoms with Crippen molar-refractivity contribution in [2.45, 2.75) is 26.3 Å². The molecule has 1 atom stereocenters. The second kappa shape index (κ2) is 8.54. The molecule has 3 rings (SSSR count). The monoisotopic (exact) mass is 363 g/mol. The van der Waals surface area contributed by atoms with Crippen molar-refractivity contribution < 1.29 is 9.84 Å². The minimum atomic E-state index is 0.101. The molecule has 5 nitrogen and oxygen atoms in total. The second-order valence-corrected chi connectivity index (χ2v) is 6.91. The summed E-state index contributed by atoms with van der Waals surface area (Å²) >= 11 is 0. The van der Waals surface area contributed by atoms with Crippen molar-refractivity contribution in [2.24, 2.45) is 5.92 Å². The fourth-order valence-electron chi connectivity index (χ4n) is 3.03. The number of nitrogens with zero attached hydrogens (tertiary/aromatic N) is 2. The van der Waals surface area contributed by atoms with Crippen LogP contribution in [0.15, 0.2) is 60.9 Å². The number of ether oxygens (including phenoxy) is 1. The van der Waals surface area contributed by atoms with E-state index in [1.807, 2.05) is 6.07 Å². The van der Waals surface area contributed by atoms with Crippen LogP contribution in [0.5, 0.6) is 11.5 Å². The summed E-state index contributed by atoms with van der Waals surface area (Å²) in [5, 5.41) is 13.3. The molecule has 0 aliphatic carbocycles. The lowest BCUT2D eigenvalue weighted by Crippen LogP contribution is -2.14. The van der Waals surface area contributed by atoms with Crippen molar-refractivity contribution in [3.05, 3.63) is 66.5 Å². The summed E-state index contributed by atoms with van der Waals surface area (Å²) in [6.07, 6.45) is 4.43. The van der Waals surface area contributed by atoms with Gasteiger partial charge in [0, 0.05) is 5.56 Å². The number of nitrogens with one attached hydrogen (secondary N) is 1. The predicted molar refractivity (Wildman–Crippen MR) is 108 cm³/mol. The summed E-state index contributed by atoms with van der Waals surface area (Å²) < 4.78 is 5.19. The first kappa shape index (κ1) is 18.7. The van der Waals surface area contributed by atoms with Crippen LogP contribution in [-0.4, -0.2) is 22.2 Å². The van der Waals surface area contributed by atoms with Crippen molar-refractivity contribution in [3.63, 3.8) is 0 Å². The largest absolute Gasteiger partial charge is 0.504 e. The zero-order valence-electron chi connectivity index (χ0n) is 15.9. The maximum atomic E-state index is 9.79. The molecule has 140 valence electrons. The van der Waals surface area contributed by atoms with Gasteiger partial charge in [-0.3, -0.25) is 4.98 Å². The van der Waals surface area contributed by atoms with Gasteiger partial charge in [0.25, 0.3) is 0 Å². The topological polar surface area (TPSA) is 67.3 Å². The first-order valence-corrected chi connectivity index (χ1v) is 9.07. The van der Waals surface area contributed by atoms with E-state index in [9.17, 15) is 5.11 Å². The standard InChI is InChI=1S/C22H25N3O2/c1-15(2)11-18(16-7-5-4-6-8-16)24-22-14-23-13-19(25-22)17-9-10-20(26)21(12-17)27-3/h4-10,12-15,18,26H,11H2,1-3H3,(H,24,25)/t18-/m0/s1. The van der Waals surface area contributed by atoms with E-state index in [0.29, 0.717) is 17.5 Å². The van der Waals surface area contributed by atoms with E-state index >= 15 is 0 Å². The Balaban J connectivity index is 1.88.